The van der Waals surface area contributed by atoms with Gasteiger partial charge in [-0.15, -0.1) is 11.6 Å². The van der Waals surface area contributed by atoms with Crippen LogP contribution in [0.2, 0.25) is 0 Å². The maximum atomic E-state index is 11.9. The Balaban J connectivity index is 2.23. The number of unbranched alkanes of at least 4 members (excludes halogenated alkanes) is 1. The zero-order chi connectivity index (χ0) is 14.1. The third-order valence-corrected chi connectivity index (χ3v) is 3.68. The predicted molar refractivity (Wildman–Crippen MR) is 77.0 cm³/mol. The van der Waals surface area contributed by atoms with Crippen molar-refractivity contribution in [3.05, 3.63) is 0 Å². The van der Waals surface area contributed by atoms with Crippen LogP contribution in [0, 0.1) is 11.3 Å². The number of hydrogen-bond donors (Lipinski definition) is 0. The fourth-order valence-corrected chi connectivity index (χ4v) is 2.55. The second-order valence-corrected chi connectivity index (χ2v) is 5.76. The van der Waals surface area contributed by atoms with Crippen molar-refractivity contribution < 1.29 is 4.79 Å². The first-order chi connectivity index (χ1) is 9.15. The van der Waals surface area contributed by atoms with Gasteiger partial charge in [0.1, 0.15) is 5.38 Å². The zero-order valence-electron chi connectivity index (χ0n) is 11.8. The van der Waals surface area contributed by atoms with Gasteiger partial charge < -0.3 is 9.80 Å². The van der Waals surface area contributed by atoms with Gasteiger partial charge in [-0.05, 0) is 52.2 Å². The Bertz CT molecular complexity index is 308. The zero-order valence-corrected chi connectivity index (χ0v) is 12.5. The summed E-state index contributed by atoms with van der Waals surface area (Å²) >= 11 is 5.84. The van der Waals surface area contributed by atoms with Crippen molar-refractivity contribution in [3.63, 3.8) is 0 Å². The Morgan fingerprint density at radius 2 is 2.05 bits per heavy atom. The number of nitrogens with zero attached hydrogens (tertiary/aromatic N) is 3. The molecule has 0 spiro atoms. The van der Waals surface area contributed by atoms with Gasteiger partial charge in [-0.1, -0.05) is 0 Å². The van der Waals surface area contributed by atoms with E-state index in [1.165, 1.54) is 25.9 Å². The normalized spacial score (nSPS) is 17.1. The van der Waals surface area contributed by atoms with Crippen molar-refractivity contribution >= 4 is 17.5 Å². The Labute approximate surface area is 121 Å². The minimum Gasteiger partial charge on any atom is -0.340 e. The lowest BCUT2D eigenvalue weighted by Crippen LogP contribution is -2.37. The number of nitriles is 1. The molecule has 1 unspecified atom stereocenters. The minimum absolute atomic E-state index is 0.0573. The fourth-order valence-electron chi connectivity index (χ4n) is 2.41. The molecular formula is C14H24ClN3O. The standard InChI is InChI=1S/C14H24ClN3O/c1-13(15)14(19)18(12-6-7-16)11-5-4-10-17-8-2-3-9-17/h13H,2-6,8-12H2,1H3. The van der Waals surface area contributed by atoms with E-state index in [0.717, 1.165) is 19.4 Å². The second kappa shape index (κ2) is 9.17. The fraction of sp³-hybridized carbons (Fsp3) is 0.857. The maximum Gasteiger partial charge on any atom is 0.240 e. The summed E-state index contributed by atoms with van der Waals surface area (Å²) in [6.07, 6.45) is 5.10. The van der Waals surface area contributed by atoms with E-state index in [1.807, 2.05) is 0 Å². The van der Waals surface area contributed by atoms with Crippen LogP contribution in [0.25, 0.3) is 0 Å². The third kappa shape index (κ3) is 6.26. The van der Waals surface area contributed by atoms with Crippen molar-refractivity contribution in [1.82, 2.24) is 9.80 Å². The quantitative estimate of drug-likeness (QED) is 0.507. The van der Waals surface area contributed by atoms with Gasteiger partial charge in [0.15, 0.2) is 0 Å². The Morgan fingerprint density at radius 1 is 1.37 bits per heavy atom. The van der Waals surface area contributed by atoms with E-state index in [2.05, 4.69) is 11.0 Å². The molecule has 108 valence electrons. The molecule has 1 saturated heterocycles. The van der Waals surface area contributed by atoms with Gasteiger partial charge in [0.25, 0.3) is 0 Å². The molecule has 0 aliphatic carbocycles. The number of amides is 1. The van der Waals surface area contributed by atoms with Crippen LogP contribution in [-0.2, 0) is 4.79 Å². The van der Waals surface area contributed by atoms with Crippen molar-refractivity contribution in [2.75, 3.05) is 32.7 Å². The smallest absolute Gasteiger partial charge is 0.240 e. The van der Waals surface area contributed by atoms with Gasteiger partial charge in [-0.3, -0.25) is 4.79 Å². The summed E-state index contributed by atoms with van der Waals surface area (Å²) in [6.45, 7) is 6.46. The van der Waals surface area contributed by atoms with E-state index in [0.29, 0.717) is 19.5 Å². The molecule has 0 saturated carbocycles. The highest BCUT2D eigenvalue weighted by atomic mass is 35.5. The second-order valence-electron chi connectivity index (χ2n) is 5.11. The van der Waals surface area contributed by atoms with Crippen LogP contribution in [0.15, 0.2) is 0 Å². The van der Waals surface area contributed by atoms with Gasteiger partial charge >= 0.3 is 0 Å². The molecule has 0 aromatic heterocycles. The third-order valence-electron chi connectivity index (χ3n) is 3.50. The van der Waals surface area contributed by atoms with Crippen molar-refractivity contribution in [3.8, 4) is 6.07 Å². The van der Waals surface area contributed by atoms with E-state index in [4.69, 9.17) is 16.9 Å². The molecule has 1 aliphatic rings. The van der Waals surface area contributed by atoms with Crippen molar-refractivity contribution in [2.45, 2.75) is 44.4 Å². The topological polar surface area (TPSA) is 47.3 Å². The summed E-state index contributed by atoms with van der Waals surface area (Å²) in [5.41, 5.74) is 0. The summed E-state index contributed by atoms with van der Waals surface area (Å²) in [7, 11) is 0. The molecule has 1 atom stereocenters. The number of hydrogen-bond acceptors (Lipinski definition) is 3. The first-order valence-electron chi connectivity index (χ1n) is 7.17. The SMILES string of the molecule is CC(Cl)C(=O)N(CCC#N)CCCCN1CCCC1. The maximum absolute atomic E-state index is 11.9. The summed E-state index contributed by atoms with van der Waals surface area (Å²) < 4.78 is 0. The van der Waals surface area contributed by atoms with Crippen molar-refractivity contribution in [2.24, 2.45) is 0 Å². The number of halogens is 1. The van der Waals surface area contributed by atoms with E-state index in [1.54, 1.807) is 11.8 Å². The van der Waals surface area contributed by atoms with E-state index in [-0.39, 0.29) is 5.91 Å². The van der Waals surface area contributed by atoms with Gasteiger partial charge in [-0.2, -0.15) is 5.26 Å². The van der Waals surface area contributed by atoms with Gasteiger partial charge in [0, 0.05) is 13.1 Å². The molecule has 1 heterocycles. The minimum atomic E-state index is -0.503. The van der Waals surface area contributed by atoms with Crippen LogP contribution in [-0.4, -0.2) is 53.8 Å². The average Bonchev–Trinajstić information content (AvgIpc) is 2.90. The molecule has 1 aliphatic heterocycles. The van der Waals surface area contributed by atoms with Crippen molar-refractivity contribution in [1.29, 1.82) is 5.26 Å². The van der Waals surface area contributed by atoms with E-state index in [9.17, 15) is 4.79 Å². The largest absolute Gasteiger partial charge is 0.340 e. The monoisotopic (exact) mass is 285 g/mol. The summed E-state index contributed by atoms with van der Waals surface area (Å²) in [4.78, 5) is 16.1. The molecule has 0 aromatic carbocycles. The highest BCUT2D eigenvalue weighted by Gasteiger charge is 2.18. The highest BCUT2D eigenvalue weighted by molar-refractivity contribution is 6.30. The molecule has 0 N–H and O–H groups in total. The predicted octanol–water partition coefficient (Wildman–Crippen LogP) is 2.23. The number of alkyl halides is 1. The molecule has 1 amide bonds. The first-order valence-corrected chi connectivity index (χ1v) is 7.61. The molecule has 5 heteroatoms. The molecule has 0 radical (unpaired) electrons. The molecule has 0 aromatic rings. The molecule has 19 heavy (non-hydrogen) atoms. The Kier molecular flexibility index (Phi) is 7.85. The lowest BCUT2D eigenvalue weighted by Gasteiger charge is -2.23. The van der Waals surface area contributed by atoms with Crippen LogP contribution in [0.4, 0.5) is 0 Å². The summed E-state index contributed by atoms with van der Waals surface area (Å²) in [5.74, 6) is -0.0573. The molecule has 4 nitrogen and oxygen atoms in total. The van der Waals surface area contributed by atoms with E-state index >= 15 is 0 Å². The van der Waals surface area contributed by atoms with Crippen LogP contribution >= 0.6 is 11.6 Å². The van der Waals surface area contributed by atoms with Gasteiger partial charge in [0.05, 0.1) is 12.5 Å². The Morgan fingerprint density at radius 3 is 2.63 bits per heavy atom. The summed E-state index contributed by atoms with van der Waals surface area (Å²) in [5, 5.41) is 8.12. The first kappa shape index (κ1) is 16.3. The van der Waals surface area contributed by atoms with E-state index < -0.39 is 5.38 Å². The summed E-state index contributed by atoms with van der Waals surface area (Å²) in [6, 6.07) is 2.08. The molecule has 1 rings (SSSR count). The van der Waals surface area contributed by atoms with Crippen LogP contribution in [0.1, 0.15) is 39.0 Å². The number of likely N-dealkylation sites (tertiary alicyclic amines) is 1. The lowest BCUT2D eigenvalue weighted by molar-refractivity contribution is -0.130. The highest BCUT2D eigenvalue weighted by Crippen LogP contribution is 2.09. The Hall–Kier alpha value is -0.790. The number of carbonyl (C=O) groups excluding carboxylic acids is 1. The molecule has 1 fully saturated rings. The lowest BCUT2D eigenvalue weighted by atomic mass is 10.2. The molecule has 0 bridgehead atoms. The number of carbonyl (C=O) groups is 1. The van der Waals surface area contributed by atoms with Crippen LogP contribution in [0.5, 0.6) is 0 Å². The van der Waals surface area contributed by atoms with Crippen LogP contribution < -0.4 is 0 Å². The van der Waals surface area contributed by atoms with Crippen LogP contribution in [0.3, 0.4) is 0 Å². The van der Waals surface area contributed by atoms with Gasteiger partial charge in [0.2, 0.25) is 5.91 Å². The number of rotatable bonds is 8. The molecular weight excluding hydrogens is 262 g/mol. The average molecular weight is 286 g/mol. The van der Waals surface area contributed by atoms with Gasteiger partial charge in [-0.25, -0.2) is 0 Å².